The van der Waals surface area contributed by atoms with Crippen LogP contribution in [0.15, 0.2) is 42.5 Å². The zero-order valence-electron chi connectivity index (χ0n) is 16.9. The minimum Gasteiger partial charge on any atom is -0.465 e. The van der Waals surface area contributed by atoms with Gasteiger partial charge >= 0.3 is 5.97 Å². The van der Waals surface area contributed by atoms with Crippen molar-refractivity contribution in [1.29, 1.82) is 0 Å². The van der Waals surface area contributed by atoms with Crippen molar-refractivity contribution in [3.05, 3.63) is 70.3 Å². The van der Waals surface area contributed by atoms with E-state index in [1.807, 2.05) is 0 Å². The number of nitrogens with zero attached hydrogens (tertiary/aromatic N) is 2. The van der Waals surface area contributed by atoms with Gasteiger partial charge in [0.1, 0.15) is 0 Å². The van der Waals surface area contributed by atoms with Gasteiger partial charge in [0.05, 0.1) is 19.2 Å². The Bertz CT molecular complexity index is 859. The molecule has 0 N–H and O–H groups in total. The number of esters is 1. The third kappa shape index (κ3) is 4.66. The fourth-order valence-electron chi connectivity index (χ4n) is 3.73. The highest BCUT2D eigenvalue weighted by Crippen LogP contribution is 2.23. The van der Waals surface area contributed by atoms with Gasteiger partial charge in [0.15, 0.2) is 5.78 Å². The fraction of sp³-hybridized carbons (Fsp3) is 0.391. The number of fused-ring (bicyclic) bond motifs is 1. The number of benzene rings is 2. The Kier molecular flexibility index (Phi) is 6.60. The predicted molar refractivity (Wildman–Crippen MR) is 109 cm³/mol. The minimum atomic E-state index is -0.378. The van der Waals surface area contributed by atoms with E-state index in [4.69, 9.17) is 4.74 Å². The van der Waals surface area contributed by atoms with Crippen molar-refractivity contribution in [1.82, 2.24) is 9.80 Å². The molecule has 28 heavy (non-hydrogen) atoms. The molecule has 3 rings (SSSR count). The zero-order valence-corrected chi connectivity index (χ0v) is 16.9. The second-order valence-corrected chi connectivity index (χ2v) is 7.21. The molecule has 0 bridgehead atoms. The Balaban J connectivity index is 1.74. The molecule has 5 heteroatoms. The topological polar surface area (TPSA) is 49.9 Å². The molecule has 0 saturated carbocycles. The van der Waals surface area contributed by atoms with Crippen LogP contribution in [0, 0.1) is 0 Å². The highest BCUT2D eigenvalue weighted by Gasteiger charge is 2.24. The van der Waals surface area contributed by atoms with Crippen LogP contribution >= 0.6 is 0 Å². The van der Waals surface area contributed by atoms with Crippen LogP contribution in [0.3, 0.4) is 0 Å². The van der Waals surface area contributed by atoms with Crippen molar-refractivity contribution < 1.29 is 14.3 Å². The first-order valence-electron chi connectivity index (χ1n) is 9.81. The Morgan fingerprint density at radius 3 is 2.54 bits per heavy atom. The van der Waals surface area contributed by atoms with Gasteiger partial charge in [-0.05, 0) is 41.9 Å². The van der Waals surface area contributed by atoms with E-state index in [0.717, 1.165) is 25.2 Å². The van der Waals surface area contributed by atoms with Gasteiger partial charge in [0.2, 0.25) is 0 Å². The highest BCUT2D eigenvalue weighted by atomic mass is 16.5. The Hall–Kier alpha value is -2.50. The van der Waals surface area contributed by atoms with E-state index in [9.17, 15) is 9.59 Å². The molecular weight excluding hydrogens is 352 g/mol. The lowest BCUT2D eigenvalue weighted by Crippen LogP contribution is -2.34. The molecule has 0 radical (unpaired) electrons. The number of ketones is 1. The number of Topliss-reactive ketones (excluding diaryl/α,β-unsaturated/α-hetero) is 1. The maximum absolute atomic E-state index is 12.6. The first-order chi connectivity index (χ1) is 13.5. The van der Waals surface area contributed by atoms with Gasteiger partial charge in [0, 0.05) is 25.2 Å². The molecule has 2 aromatic rings. The van der Waals surface area contributed by atoms with Crippen LogP contribution in [0.5, 0.6) is 0 Å². The molecule has 0 aliphatic carbocycles. The third-order valence-corrected chi connectivity index (χ3v) is 5.29. The summed E-state index contributed by atoms with van der Waals surface area (Å²) in [5.74, 6) is -0.284. The number of carbonyl (C=O) groups excluding carboxylic acids is 2. The molecule has 1 heterocycles. The number of ether oxygens (including phenoxy) is 1. The normalized spacial score (nSPS) is 14.2. The van der Waals surface area contributed by atoms with Crippen LogP contribution in [0.4, 0.5) is 0 Å². The van der Waals surface area contributed by atoms with Crippen LogP contribution in [0.1, 0.15) is 51.3 Å². The molecule has 148 valence electrons. The summed E-state index contributed by atoms with van der Waals surface area (Å²) >= 11 is 0. The van der Waals surface area contributed by atoms with E-state index in [0.29, 0.717) is 30.8 Å². The van der Waals surface area contributed by atoms with Gasteiger partial charge in [0.25, 0.3) is 0 Å². The van der Waals surface area contributed by atoms with Gasteiger partial charge < -0.3 is 4.74 Å². The van der Waals surface area contributed by atoms with E-state index in [2.05, 4.69) is 47.9 Å². The quantitative estimate of drug-likeness (QED) is 0.688. The summed E-state index contributed by atoms with van der Waals surface area (Å²) in [6.45, 7) is 9.09. The summed E-state index contributed by atoms with van der Waals surface area (Å²) in [5, 5.41) is 0. The van der Waals surface area contributed by atoms with Crippen molar-refractivity contribution in [2.45, 2.75) is 33.5 Å². The van der Waals surface area contributed by atoms with E-state index in [1.165, 1.54) is 18.2 Å². The first kappa shape index (κ1) is 20.2. The molecule has 0 saturated heterocycles. The molecule has 2 aromatic carbocycles. The third-order valence-electron chi connectivity index (χ3n) is 5.29. The highest BCUT2D eigenvalue weighted by molar-refractivity contribution is 6.01. The van der Waals surface area contributed by atoms with Crippen molar-refractivity contribution in [3.8, 4) is 0 Å². The molecular formula is C23H28N2O3. The SMILES string of the molecule is CCN(CC)Cc1cccc(CN2CC(=O)c3ccc(C(=O)OC)cc3C2)c1. The summed E-state index contributed by atoms with van der Waals surface area (Å²) < 4.78 is 4.80. The van der Waals surface area contributed by atoms with Gasteiger partial charge in [-0.15, -0.1) is 0 Å². The molecule has 1 aliphatic rings. The molecule has 5 nitrogen and oxygen atoms in total. The summed E-state index contributed by atoms with van der Waals surface area (Å²) in [6.07, 6.45) is 0. The standard InChI is InChI=1S/C23H28N2O3/c1-4-24(5-2)13-17-7-6-8-18(11-17)14-25-15-20-12-19(23(27)28-3)9-10-21(20)22(26)16-25/h6-12H,4-5,13-16H2,1-3H3. The van der Waals surface area contributed by atoms with Crippen molar-refractivity contribution in [2.24, 2.45) is 0 Å². The summed E-state index contributed by atoms with van der Waals surface area (Å²) in [5.41, 5.74) is 4.57. The average Bonchev–Trinajstić information content (AvgIpc) is 2.71. The first-order valence-corrected chi connectivity index (χ1v) is 9.81. The van der Waals surface area contributed by atoms with Gasteiger partial charge in [-0.3, -0.25) is 14.6 Å². The molecule has 0 unspecified atom stereocenters. The number of hydrogen-bond acceptors (Lipinski definition) is 5. The number of hydrogen-bond donors (Lipinski definition) is 0. The van der Waals surface area contributed by atoms with E-state index in [1.54, 1.807) is 18.2 Å². The molecule has 1 aliphatic heterocycles. The second-order valence-electron chi connectivity index (χ2n) is 7.21. The largest absolute Gasteiger partial charge is 0.465 e. The summed E-state index contributed by atoms with van der Waals surface area (Å²) in [7, 11) is 1.37. The number of rotatable bonds is 7. The number of methoxy groups -OCH3 is 1. The summed E-state index contributed by atoms with van der Waals surface area (Å²) in [6, 6.07) is 13.8. The maximum atomic E-state index is 12.6. The van der Waals surface area contributed by atoms with Gasteiger partial charge in [-0.25, -0.2) is 4.79 Å². The molecule has 0 atom stereocenters. The van der Waals surface area contributed by atoms with Crippen LogP contribution in [-0.2, 0) is 24.4 Å². The van der Waals surface area contributed by atoms with Crippen molar-refractivity contribution in [2.75, 3.05) is 26.7 Å². The number of carbonyl (C=O) groups is 2. The predicted octanol–water partition coefficient (Wildman–Crippen LogP) is 3.51. The van der Waals surface area contributed by atoms with E-state index < -0.39 is 0 Å². The fourth-order valence-corrected chi connectivity index (χ4v) is 3.73. The summed E-state index contributed by atoms with van der Waals surface area (Å²) in [4.78, 5) is 28.9. The second kappa shape index (κ2) is 9.13. The molecule has 0 fully saturated rings. The maximum Gasteiger partial charge on any atom is 0.337 e. The molecule has 0 amide bonds. The minimum absolute atomic E-state index is 0.0944. The molecule has 0 spiro atoms. The Morgan fingerprint density at radius 2 is 1.82 bits per heavy atom. The Labute approximate surface area is 166 Å². The lowest BCUT2D eigenvalue weighted by molar-refractivity contribution is 0.0599. The Morgan fingerprint density at radius 1 is 1.07 bits per heavy atom. The zero-order chi connectivity index (χ0) is 20.1. The monoisotopic (exact) mass is 380 g/mol. The van der Waals surface area contributed by atoms with Crippen LogP contribution in [0.25, 0.3) is 0 Å². The van der Waals surface area contributed by atoms with Crippen LogP contribution < -0.4 is 0 Å². The average molecular weight is 380 g/mol. The van der Waals surface area contributed by atoms with Crippen LogP contribution in [-0.4, -0.2) is 48.3 Å². The van der Waals surface area contributed by atoms with Crippen molar-refractivity contribution >= 4 is 11.8 Å². The van der Waals surface area contributed by atoms with Gasteiger partial charge in [-0.1, -0.05) is 44.2 Å². The van der Waals surface area contributed by atoms with Crippen LogP contribution in [0.2, 0.25) is 0 Å². The lowest BCUT2D eigenvalue weighted by Gasteiger charge is -2.28. The van der Waals surface area contributed by atoms with Gasteiger partial charge in [-0.2, -0.15) is 0 Å². The van der Waals surface area contributed by atoms with Crippen molar-refractivity contribution in [3.63, 3.8) is 0 Å². The lowest BCUT2D eigenvalue weighted by atomic mass is 9.96. The molecule has 0 aromatic heterocycles. The smallest absolute Gasteiger partial charge is 0.337 e. The van der Waals surface area contributed by atoms with E-state index in [-0.39, 0.29) is 11.8 Å². The van der Waals surface area contributed by atoms with E-state index >= 15 is 0 Å².